The Bertz CT molecular complexity index is 360. The SMILES string of the molecule is COC(=O)CCN(C(=O)OC(C)(C)C)[C@H](C)CC(=O)O. The molecule has 1 N–H and O–H groups in total. The van der Waals surface area contributed by atoms with Crippen molar-refractivity contribution in [3.05, 3.63) is 0 Å². The predicted octanol–water partition coefficient (Wildman–Crippen LogP) is 1.65. The highest BCUT2D eigenvalue weighted by molar-refractivity contribution is 5.73. The predicted molar refractivity (Wildman–Crippen MR) is 71.3 cm³/mol. The summed E-state index contributed by atoms with van der Waals surface area (Å²) in [7, 11) is 1.25. The van der Waals surface area contributed by atoms with Crippen LogP contribution < -0.4 is 0 Å². The van der Waals surface area contributed by atoms with Gasteiger partial charge >= 0.3 is 18.0 Å². The van der Waals surface area contributed by atoms with Gasteiger partial charge in [-0.2, -0.15) is 0 Å². The summed E-state index contributed by atoms with van der Waals surface area (Å²) in [5, 5.41) is 8.80. The van der Waals surface area contributed by atoms with E-state index in [0.717, 1.165) is 0 Å². The molecule has 0 aromatic heterocycles. The van der Waals surface area contributed by atoms with Crippen molar-refractivity contribution in [2.45, 2.75) is 52.2 Å². The lowest BCUT2D eigenvalue weighted by Crippen LogP contribution is -2.44. The summed E-state index contributed by atoms with van der Waals surface area (Å²) in [6, 6.07) is -0.577. The number of rotatable bonds is 6. The first kappa shape index (κ1) is 18.2. The van der Waals surface area contributed by atoms with Crippen LogP contribution in [0.15, 0.2) is 0 Å². The molecule has 0 aromatic rings. The van der Waals surface area contributed by atoms with E-state index in [1.165, 1.54) is 12.0 Å². The summed E-state index contributed by atoms with van der Waals surface area (Å²) in [5.74, 6) is -1.50. The summed E-state index contributed by atoms with van der Waals surface area (Å²) in [4.78, 5) is 35.2. The molecule has 0 bridgehead atoms. The lowest BCUT2D eigenvalue weighted by atomic mass is 10.2. The third-order valence-corrected chi connectivity index (χ3v) is 2.41. The van der Waals surface area contributed by atoms with Crippen LogP contribution in [0.4, 0.5) is 4.79 Å². The molecule has 1 atom stereocenters. The first-order chi connectivity index (χ1) is 9.06. The van der Waals surface area contributed by atoms with Gasteiger partial charge in [-0.3, -0.25) is 9.59 Å². The van der Waals surface area contributed by atoms with Crippen molar-refractivity contribution in [3.8, 4) is 0 Å². The average Bonchev–Trinajstić information content (AvgIpc) is 2.25. The van der Waals surface area contributed by atoms with Crippen LogP contribution in [0.3, 0.4) is 0 Å². The van der Waals surface area contributed by atoms with Crippen LogP contribution in [0.2, 0.25) is 0 Å². The van der Waals surface area contributed by atoms with Gasteiger partial charge < -0.3 is 19.5 Å². The molecule has 0 aliphatic heterocycles. The van der Waals surface area contributed by atoms with Crippen LogP contribution in [0.1, 0.15) is 40.5 Å². The van der Waals surface area contributed by atoms with Gasteiger partial charge in [0.25, 0.3) is 0 Å². The van der Waals surface area contributed by atoms with Crippen LogP contribution in [-0.2, 0) is 19.1 Å². The fourth-order valence-corrected chi connectivity index (χ4v) is 1.49. The topological polar surface area (TPSA) is 93.1 Å². The van der Waals surface area contributed by atoms with Crippen molar-refractivity contribution in [3.63, 3.8) is 0 Å². The molecule has 20 heavy (non-hydrogen) atoms. The molecule has 0 saturated heterocycles. The van der Waals surface area contributed by atoms with Crippen molar-refractivity contribution in [1.82, 2.24) is 4.90 Å². The number of carboxylic acid groups (broad SMARTS) is 1. The highest BCUT2D eigenvalue weighted by atomic mass is 16.6. The number of hydrogen-bond acceptors (Lipinski definition) is 5. The Labute approximate surface area is 118 Å². The number of hydrogen-bond donors (Lipinski definition) is 1. The minimum atomic E-state index is -1.02. The summed E-state index contributed by atoms with van der Waals surface area (Å²) in [6.07, 6.45) is -0.879. The molecule has 7 heteroatoms. The maximum absolute atomic E-state index is 12.0. The first-order valence-corrected chi connectivity index (χ1v) is 6.35. The molecule has 0 saturated carbocycles. The number of carbonyl (C=O) groups is 3. The monoisotopic (exact) mass is 289 g/mol. The molecular formula is C13H23NO6. The van der Waals surface area contributed by atoms with Gasteiger partial charge in [0.2, 0.25) is 0 Å². The Morgan fingerprint density at radius 3 is 2.20 bits per heavy atom. The first-order valence-electron chi connectivity index (χ1n) is 6.35. The minimum Gasteiger partial charge on any atom is -0.481 e. The molecule has 0 spiro atoms. The molecule has 116 valence electrons. The highest BCUT2D eigenvalue weighted by Crippen LogP contribution is 2.14. The third-order valence-electron chi connectivity index (χ3n) is 2.41. The van der Waals surface area contributed by atoms with Gasteiger partial charge in [0.05, 0.1) is 20.0 Å². The van der Waals surface area contributed by atoms with Crippen LogP contribution in [0.5, 0.6) is 0 Å². The quantitative estimate of drug-likeness (QED) is 0.747. The number of aliphatic carboxylic acids is 1. The zero-order chi connectivity index (χ0) is 15.9. The number of amides is 1. The normalized spacial score (nSPS) is 12.4. The number of carbonyl (C=O) groups excluding carboxylic acids is 2. The Hall–Kier alpha value is -1.79. The van der Waals surface area contributed by atoms with Crippen LogP contribution in [0, 0.1) is 0 Å². The summed E-state index contributed by atoms with van der Waals surface area (Å²) < 4.78 is 9.72. The van der Waals surface area contributed by atoms with Gasteiger partial charge in [-0.25, -0.2) is 4.79 Å². The largest absolute Gasteiger partial charge is 0.481 e. The maximum Gasteiger partial charge on any atom is 0.410 e. The fraction of sp³-hybridized carbons (Fsp3) is 0.769. The van der Waals surface area contributed by atoms with Crippen LogP contribution in [-0.4, -0.2) is 53.3 Å². The van der Waals surface area contributed by atoms with Gasteiger partial charge in [0.15, 0.2) is 0 Å². The van der Waals surface area contributed by atoms with Gasteiger partial charge in [-0.05, 0) is 27.7 Å². The summed E-state index contributed by atoms with van der Waals surface area (Å²) in [5.41, 5.74) is -0.691. The van der Waals surface area contributed by atoms with E-state index in [4.69, 9.17) is 9.84 Å². The van der Waals surface area contributed by atoms with Crippen LogP contribution in [0.25, 0.3) is 0 Å². The van der Waals surface area contributed by atoms with Gasteiger partial charge in [0, 0.05) is 12.6 Å². The number of esters is 1. The van der Waals surface area contributed by atoms with E-state index in [1.807, 2.05) is 0 Å². The van der Waals surface area contributed by atoms with E-state index in [-0.39, 0.29) is 19.4 Å². The Kier molecular flexibility index (Phi) is 7.02. The Balaban J connectivity index is 4.81. The molecule has 0 radical (unpaired) electrons. The zero-order valence-electron chi connectivity index (χ0n) is 12.6. The van der Waals surface area contributed by atoms with E-state index in [9.17, 15) is 14.4 Å². The van der Waals surface area contributed by atoms with E-state index in [1.54, 1.807) is 27.7 Å². The van der Waals surface area contributed by atoms with Gasteiger partial charge in [0.1, 0.15) is 5.60 Å². The van der Waals surface area contributed by atoms with Gasteiger partial charge in [-0.1, -0.05) is 0 Å². The van der Waals surface area contributed by atoms with Crippen LogP contribution >= 0.6 is 0 Å². The van der Waals surface area contributed by atoms with E-state index in [0.29, 0.717) is 0 Å². The molecule has 0 heterocycles. The van der Waals surface area contributed by atoms with Crippen molar-refractivity contribution < 1.29 is 29.0 Å². The zero-order valence-corrected chi connectivity index (χ0v) is 12.6. The van der Waals surface area contributed by atoms with Crippen molar-refractivity contribution in [2.75, 3.05) is 13.7 Å². The second kappa shape index (κ2) is 7.72. The second-order valence-electron chi connectivity index (χ2n) is 5.45. The van der Waals surface area contributed by atoms with Crippen molar-refractivity contribution in [2.24, 2.45) is 0 Å². The minimum absolute atomic E-state index is 0.0142. The highest BCUT2D eigenvalue weighted by Gasteiger charge is 2.27. The summed E-state index contributed by atoms with van der Waals surface area (Å²) >= 11 is 0. The lowest BCUT2D eigenvalue weighted by Gasteiger charge is -2.30. The Morgan fingerprint density at radius 1 is 1.25 bits per heavy atom. The summed E-state index contributed by atoms with van der Waals surface area (Å²) in [6.45, 7) is 6.78. The van der Waals surface area contributed by atoms with Crippen molar-refractivity contribution in [1.29, 1.82) is 0 Å². The molecule has 1 amide bonds. The van der Waals surface area contributed by atoms with E-state index in [2.05, 4.69) is 4.74 Å². The fourth-order valence-electron chi connectivity index (χ4n) is 1.49. The molecule has 0 unspecified atom stereocenters. The average molecular weight is 289 g/mol. The lowest BCUT2D eigenvalue weighted by molar-refractivity contribution is -0.140. The molecular weight excluding hydrogens is 266 g/mol. The number of nitrogens with zero attached hydrogens (tertiary/aromatic N) is 1. The van der Waals surface area contributed by atoms with E-state index >= 15 is 0 Å². The Morgan fingerprint density at radius 2 is 1.80 bits per heavy atom. The smallest absolute Gasteiger partial charge is 0.410 e. The molecule has 0 rings (SSSR count). The second-order valence-corrected chi connectivity index (χ2v) is 5.45. The number of methoxy groups -OCH3 is 1. The molecule has 0 aromatic carbocycles. The van der Waals surface area contributed by atoms with E-state index < -0.39 is 29.7 Å². The maximum atomic E-state index is 12.0. The third kappa shape index (κ3) is 7.60. The van der Waals surface area contributed by atoms with Gasteiger partial charge in [-0.15, -0.1) is 0 Å². The number of ether oxygens (including phenoxy) is 2. The molecule has 7 nitrogen and oxygen atoms in total. The molecule has 0 fully saturated rings. The molecule has 0 aliphatic carbocycles. The van der Waals surface area contributed by atoms with Crippen molar-refractivity contribution >= 4 is 18.0 Å². The standard InChI is InChI=1S/C13H23NO6/c1-9(8-10(15)16)14(7-6-11(17)19-5)12(18)20-13(2,3)4/h9H,6-8H2,1-5H3,(H,15,16)/t9-/m1/s1. The molecule has 0 aliphatic rings. The number of carboxylic acids is 1.